The normalized spacial score (nSPS) is 12.3. The molecule has 0 spiro atoms. The molecule has 4 heteroatoms. The number of unbranched alkanes of at least 4 members (excludes halogenated alkanes) is 25. The molecular formula is C30H60O4. The van der Waals surface area contributed by atoms with E-state index in [1.807, 2.05) is 0 Å². The van der Waals surface area contributed by atoms with E-state index in [0.29, 0.717) is 13.0 Å². The summed E-state index contributed by atoms with van der Waals surface area (Å²) in [5, 5.41) is 26.6. The standard InChI is InChI=1S/C30H60O4/c31-28-26-24-22-20-18-16-14-12-10-8-6-4-2-1-3-5-7-9-11-13-15-17-19-21-23-25-27-29(32)30(33)34/h29,31-32H,1-28H2,(H,33,34). The minimum atomic E-state index is -1.17. The van der Waals surface area contributed by atoms with Crippen molar-refractivity contribution in [2.75, 3.05) is 6.61 Å². The Kier molecular flexibility index (Phi) is 28.1. The van der Waals surface area contributed by atoms with Gasteiger partial charge in [0.1, 0.15) is 0 Å². The molecule has 0 rings (SSSR count). The van der Waals surface area contributed by atoms with Crippen molar-refractivity contribution in [3.05, 3.63) is 0 Å². The summed E-state index contributed by atoms with van der Waals surface area (Å²) in [6.07, 6.45) is 33.6. The highest BCUT2D eigenvalue weighted by Crippen LogP contribution is 2.16. The second-order valence-electron chi connectivity index (χ2n) is 10.6. The number of carboxylic acid groups (broad SMARTS) is 1. The van der Waals surface area contributed by atoms with Crippen molar-refractivity contribution >= 4 is 5.97 Å². The Balaban J connectivity index is 3.05. The number of hydrogen-bond acceptors (Lipinski definition) is 3. The first-order chi connectivity index (χ1) is 16.7. The Morgan fingerprint density at radius 1 is 0.412 bits per heavy atom. The van der Waals surface area contributed by atoms with Crippen LogP contribution in [0.25, 0.3) is 0 Å². The molecule has 0 aromatic heterocycles. The smallest absolute Gasteiger partial charge is 0.332 e. The number of rotatable bonds is 29. The highest BCUT2D eigenvalue weighted by molar-refractivity contribution is 5.71. The third-order valence-electron chi connectivity index (χ3n) is 7.17. The van der Waals surface area contributed by atoms with E-state index in [9.17, 15) is 9.90 Å². The summed E-state index contributed by atoms with van der Waals surface area (Å²) in [5.74, 6) is -1.09. The lowest BCUT2D eigenvalue weighted by Gasteiger charge is -2.05. The molecule has 1 atom stereocenters. The van der Waals surface area contributed by atoms with Crippen molar-refractivity contribution in [2.24, 2.45) is 0 Å². The van der Waals surface area contributed by atoms with Gasteiger partial charge in [0, 0.05) is 6.61 Å². The van der Waals surface area contributed by atoms with Crippen LogP contribution in [0.5, 0.6) is 0 Å². The molecule has 0 saturated heterocycles. The van der Waals surface area contributed by atoms with Gasteiger partial charge in [-0.2, -0.15) is 0 Å². The summed E-state index contributed by atoms with van der Waals surface area (Å²) >= 11 is 0. The van der Waals surface area contributed by atoms with Crippen LogP contribution in [0, 0.1) is 0 Å². The Labute approximate surface area is 212 Å². The molecule has 4 nitrogen and oxygen atoms in total. The molecule has 204 valence electrons. The average Bonchev–Trinajstić information content (AvgIpc) is 2.83. The lowest BCUT2D eigenvalue weighted by Crippen LogP contribution is -2.18. The molecular weight excluding hydrogens is 424 g/mol. The van der Waals surface area contributed by atoms with Gasteiger partial charge >= 0.3 is 5.97 Å². The topological polar surface area (TPSA) is 77.8 Å². The molecule has 0 aliphatic heterocycles. The molecule has 0 heterocycles. The maximum absolute atomic E-state index is 10.5. The first kappa shape index (κ1) is 33.4. The van der Waals surface area contributed by atoms with Gasteiger partial charge in [0.15, 0.2) is 6.10 Å². The SMILES string of the molecule is O=C(O)C(O)CCCCCCCCCCCCCCCCCCCCCCCCCCCCO. The van der Waals surface area contributed by atoms with Gasteiger partial charge in [-0.15, -0.1) is 0 Å². The molecule has 0 amide bonds. The number of aliphatic hydroxyl groups is 2. The maximum atomic E-state index is 10.5. The third-order valence-corrected chi connectivity index (χ3v) is 7.17. The number of aliphatic carboxylic acids is 1. The van der Waals surface area contributed by atoms with Crippen molar-refractivity contribution in [1.29, 1.82) is 0 Å². The molecule has 0 fully saturated rings. The van der Waals surface area contributed by atoms with Crippen LogP contribution in [-0.2, 0) is 4.79 Å². The van der Waals surface area contributed by atoms with Crippen LogP contribution in [0.3, 0.4) is 0 Å². The second kappa shape index (κ2) is 28.6. The zero-order chi connectivity index (χ0) is 25.0. The Morgan fingerprint density at radius 3 is 0.824 bits per heavy atom. The third kappa shape index (κ3) is 27.6. The van der Waals surface area contributed by atoms with E-state index in [2.05, 4.69) is 0 Å². The molecule has 34 heavy (non-hydrogen) atoms. The van der Waals surface area contributed by atoms with Crippen LogP contribution in [0.1, 0.15) is 173 Å². The minimum absolute atomic E-state index is 0.360. The summed E-state index contributed by atoms with van der Waals surface area (Å²) in [4.78, 5) is 10.5. The fourth-order valence-corrected chi connectivity index (χ4v) is 4.82. The van der Waals surface area contributed by atoms with E-state index < -0.39 is 12.1 Å². The Morgan fingerprint density at radius 2 is 0.618 bits per heavy atom. The zero-order valence-corrected chi connectivity index (χ0v) is 22.6. The predicted octanol–water partition coefficient (Wildman–Crippen LogP) is 8.96. The maximum Gasteiger partial charge on any atom is 0.332 e. The lowest BCUT2D eigenvalue weighted by atomic mass is 10.0. The van der Waals surface area contributed by atoms with Gasteiger partial charge < -0.3 is 15.3 Å². The zero-order valence-electron chi connectivity index (χ0n) is 22.6. The average molecular weight is 485 g/mol. The van der Waals surface area contributed by atoms with Crippen LogP contribution >= 0.6 is 0 Å². The van der Waals surface area contributed by atoms with Gasteiger partial charge in [-0.25, -0.2) is 4.79 Å². The van der Waals surface area contributed by atoms with Gasteiger partial charge in [-0.05, 0) is 12.8 Å². The van der Waals surface area contributed by atoms with Crippen LogP contribution in [0.15, 0.2) is 0 Å². The Hall–Kier alpha value is -0.610. The van der Waals surface area contributed by atoms with E-state index in [4.69, 9.17) is 10.2 Å². The van der Waals surface area contributed by atoms with Gasteiger partial charge in [-0.3, -0.25) is 0 Å². The van der Waals surface area contributed by atoms with Crippen molar-refractivity contribution in [3.8, 4) is 0 Å². The Bertz CT molecular complexity index is 399. The highest BCUT2D eigenvalue weighted by Gasteiger charge is 2.11. The van der Waals surface area contributed by atoms with Crippen LogP contribution < -0.4 is 0 Å². The summed E-state index contributed by atoms with van der Waals surface area (Å²) in [6, 6.07) is 0. The summed E-state index contributed by atoms with van der Waals surface area (Å²) in [6.45, 7) is 0.360. The number of carbonyl (C=O) groups is 1. The minimum Gasteiger partial charge on any atom is -0.479 e. The van der Waals surface area contributed by atoms with Gasteiger partial charge in [0.25, 0.3) is 0 Å². The van der Waals surface area contributed by atoms with Gasteiger partial charge in [-0.1, -0.05) is 161 Å². The second-order valence-corrected chi connectivity index (χ2v) is 10.6. The van der Waals surface area contributed by atoms with E-state index in [0.717, 1.165) is 19.3 Å². The van der Waals surface area contributed by atoms with Crippen molar-refractivity contribution < 1.29 is 20.1 Å². The first-order valence-corrected chi connectivity index (χ1v) is 15.2. The fraction of sp³-hybridized carbons (Fsp3) is 0.967. The molecule has 0 aromatic carbocycles. The largest absolute Gasteiger partial charge is 0.479 e. The van der Waals surface area contributed by atoms with Crippen LogP contribution in [0.2, 0.25) is 0 Å². The number of aliphatic hydroxyl groups excluding tert-OH is 2. The molecule has 1 unspecified atom stereocenters. The van der Waals surface area contributed by atoms with Crippen LogP contribution in [0.4, 0.5) is 0 Å². The number of carboxylic acids is 1. The summed E-state index contributed by atoms with van der Waals surface area (Å²) < 4.78 is 0. The van der Waals surface area contributed by atoms with E-state index in [1.165, 1.54) is 148 Å². The summed E-state index contributed by atoms with van der Waals surface area (Å²) in [7, 11) is 0. The fourth-order valence-electron chi connectivity index (χ4n) is 4.82. The van der Waals surface area contributed by atoms with Crippen molar-refractivity contribution in [3.63, 3.8) is 0 Å². The number of hydrogen-bond donors (Lipinski definition) is 3. The molecule has 0 aliphatic carbocycles. The van der Waals surface area contributed by atoms with Gasteiger partial charge in [0.05, 0.1) is 0 Å². The van der Waals surface area contributed by atoms with Crippen molar-refractivity contribution in [1.82, 2.24) is 0 Å². The predicted molar refractivity (Wildman–Crippen MR) is 145 cm³/mol. The lowest BCUT2D eigenvalue weighted by molar-refractivity contribution is -0.146. The first-order valence-electron chi connectivity index (χ1n) is 15.2. The highest BCUT2D eigenvalue weighted by atomic mass is 16.4. The van der Waals surface area contributed by atoms with Gasteiger partial charge in [0.2, 0.25) is 0 Å². The molecule has 0 bridgehead atoms. The van der Waals surface area contributed by atoms with E-state index in [1.54, 1.807) is 0 Å². The molecule has 0 radical (unpaired) electrons. The molecule has 3 N–H and O–H groups in total. The molecule has 0 saturated carbocycles. The van der Waals surface area contributed by atoms with E-state index in [-0.39, 0.29) is 0 Å². The van der Waals surface area contributed by atoms with Crippen molar-refractivity contribution in [2.45, 2.75) is 179 Å². The van der Waals surface area contributed by atoms with Crippen LogP contribution in [-0.4, -0.2) is 34.0 Å². The molecule has 0 aliphatic rings. The monoisotopic (exact) mass is 484 g/mol. The molecule has 0 aromatic rings. The summed E-state index contributed by atoms with van der Waals surface area (Å²) in [5.41, 5.74) is 0. The quantitative estimate of drug-likeness (QED) is 0.0926. The van der Waals surface area contributed by atoms with E-state index >= 15 is 0 Å².